The lowest BCUT2D eigenvalue weighted by molar-refractivity contribution is 0.266. The number of anilines is 1. The lowest BCUT2D eigenvalue weighted by atomic mass is 9.78. The Balaban J connectivity index is 1.77. The predicted molar refractivity (Wildman–Crippen MR) is 80.2 cm³/mol. The van der Waals surface area contributed by atoms with E-state index in [1.807, 2.05) is 0 Å². The molecule has 2 atom stereocenters. The third kappa shape index (κ3) is 2.68. The summed E-state index contributed by atoms with van der Waals surface area (Å²) < 4.78 is 26.8. The highest BCUT2D eigenvalue weighted by Crippen LogP contribution is 2.42. The number of rotatable bonds is 1. The first-order valence-electron chi connectivity index (χ1n) is 7.02. The molecule has 20 heavy (non-hydrogen) atoms. The molecule has 2 nitrogen and oxygen atoms in total. The Bertz CT molecular complexity index is 547. The number of hydrogen-bond acceptors (Lipinski definition) is 3. The molecule has 0 bridgehead atoms. The average Bonchev–Trinajstić information content (AvgIpc) is 2.77. The van der Waals surface area contributed by atoms with Gasteiger partial charge in [-0.3, -0.25) is 4.99 Å². The van der Waals surface area contributed by atoms with E-state index in [-0.39, 0.29) is 11.2 Å². The molecule has 1 spiro atoms. The summed E-state index contributed by atoms with van der Waals surface area (Å²) >= 11 is 1.61. The van der Waals surface area contributed by atoms with Gasteiger partial charge in [0.1, 0.15) is 0 Å². The smallest absolute Gasteiger partial charge is 0.182 e. The molecule has 3 rings (SSSR count). The van der Waals surface area contributed by atoms with Crippen molar-refractivity contribution in [1.82, 2.24) is 0 Å². The van der Waals surface area contributed by atoms with E-state index >= 15 is 0 Å². The molecule has 1 fully saturated rings. The summed E-state index contributed by atoms with van der Waals surface area (Å²) in [5.41, 5.74) is 0.172. The van der Waals surface area contributed by atoms with Gasteiger partial charge in [0.15, 0.2) is 16.8 Å². The van der Waals surface area contributed by atoms with Gasteiger partial charge < -0.3 is 5.32 Å². The number of nitrogens with zero attached hydrogens (tertiary/aromatic N) is 1. The minimum Gasteiger partial charge on any atom is -0.332 e. The summed E-state index contributed by atoms with van der Waals surface area (Å²) in [6.07, 6.45) is 4.66. The highest BCUT2D eigenvalue weighted by atomic mass is 32.2. The van der Waals surface area contributed by atoms with Crippen LogP contribution in [0.2, 0.25) is 0 Å². The molecule has 1 saturated carbocycles. The summed E-state index contributed by atoms with van der Waals surface area (Å²) in [6.45, 7) is 2.26. The first-order valence-corrected chi connectivity index (χ1v) is 8.00. The van der Waals surface area contributed by atoms with Crippen molar-refractivity contribution in [3.8, 4) is 0 Å². The van der Waals surface area contributed by atoms with Gasteiger partial charge in [0.2, 0.25) is 0 Å². The summed E-state index contributed by atoms with van der Waals surface area (Å²) in [6, 6.07) is 4.16. The molecular formula is C15H18F2N2S. The second kappa shape index (κ2) is 5.35. The number of hydrogen-bond donors (Lipinski definition) is 1. The predicted octanol–water partition coefficient (Wildman–Crippen LogP) is 4.43. The first kappa shape index (κ1) is 13.9. The van der Waals surface area contributed by atoms with Crippen molar-refractivity contribution in [2.45, 2.75) is 38.1 Å². The molecule has 0 amide bonds. The van der Waals surface area contributed by atoms with Crippen LogP contribution in [0.3, 0.4) is 0 Å². The van der Waals surface area contributed by atoms with Gasteiger partial charge in [-0.15, -0.1) is 0 Å². The Morgan fingerprint density at radius 2 is 2.25 bits per heavy atom. The van der Waals surface area contributed by atoms with Crippen molar-refractivity contribution in [2.24, 2.45) is 10.9 Å². The number of benzene rings is 1. The van der Waals surface area contributed by atoms with Crippen LogP contribution < -0.4 is 5.32 Å². The van der Waals surface area contributed by atoms with Gasteiger partial charge in [-0.05, 0) is 30.9 Å². The molecule has 0 saturated heterocycles. The molecular weight excluding hydrogens is 278 g/mol. The minimum atomic E-state index is -0.839. The molecule has 1 aliphatic heterocycles. The SMILES string of the molecule is CC1CCCC2(CSC(Nc3cccc(F)c3F)=N2)C1. The fraction of sp³-hybridized carbons (Fsp3) is 0.533. The van der Waals surface area contributed by atoms with E-state index in [2.05, 4.69) is 12.2 Å². The van der Waals surface area contributed by atoms with E-state index in [1.54, 1.807) is 11.8 Å². The van der Waals surface area contributed by atoms with Crippen LogP contribution in [0.5, 0.6) is 0 Å². The van der Waals surface area contributed by atoms with Crippen molar-refractivity contribution in [2.75, 3.05) is 11.1 Å². The maximum Gasteiger partial charge on any atom is 0.182 e. The van der Waals surface area contributed by atoms with Gasteiger partial charge in [-0.1, -0.05) is 37.6 Å². The summed E-state index contributed by atoms with van der Waals surface area (Å²) in [5.74, 6) is -0.0388. The van der Waals surface area contributed by atoms with Crippen LogP contribution in [0.4, 0.5) is 14.5 Å². The van der Waals surface area contributed by atoms with Crippen LogP contribution >= 0.6 is 11.8 Å². The quantitative estimate of drug-likeness (QED) is 0.829. The molecule has 1 aromatic rings. The fourth-order valence-electron chi connectivity index (χ4n) is 3.13. The van der Waals surface area contributed by atoms with E-state index < -0.39 is 11.6 Å². The highest BCUT2D eigenvalue weighted by molar-refractivity contribution is 8.14. The maximum absolute atomic E-state index is 13.6. The molecule has 0 aromatic heterocycles. The van der Waals surface area contributed by atoms with Crippen LogP contribution in [0.1, 0.15) is 32.6 Å². The molecule has 5 heteroatoms. The second-order valence-corrected chi connectivity index (χ2v) is 6.82. The van der Waals surface area contributed by atoms with Gasteiger partial charge in [0.05, 0.1) is 11.2 Å². The minimum absolute atomic E-state index is 0.00840. The number of aliphatic imine (C=N–C) groups is 1. The molecule has 0 radical (unpaired) electrons. The van der Waals surface area contributed by atoms with Crippen molar-refractivity contribution in [3.63, 3.8) is 0 Å². The number of halogens is 2. The molecule has 1 heterocycles. The molecule has 108 valence electrons. The standard InChI is InChI=1S/C15H18F2N2S/c1-10-4-3-7-15(8-10)9-20-14(19-15)18-12-6-2-5-11(16)13(12)17/h2,5-6,10H,3-4,7-9H2,1H3,(H,18,19). The number of nitrogens with one attached hydrogen (secondary N) is 1. The Kier molecular flexibility index (Phi) is 3.71. The Morgan fingerprint density at radius 3 is 3.05 bits per heavy atom. The number of amidine groups is 1. The van der Waals surface area contributed by atoms with E-state index in [4.69, 9.17) is 4.99 Å². The monoisotopic (exact) mass is 296 g/mol. The summed E-state index contributed by atoms with van der Waals surface area (Å²) in [4.78, 5) is 4.77. The van der Waals surface area contributed by atoms with Crippen molar-refractivity contribution in [1.29, 1.82) is 0 Å². The second-order valence-electron chi connectivity index (χ2n) is 5.86. The van der Waals surface area contributed by atoms with E-state index in [1.165, 1.54) is 25.0 Å². The third-order valence-electron chi connectivity index (χ3n) is 4.08. The molecule has 1 N–H and O–H groups in total. The van der Waals surface area contributed by atoms with E-state index in [0.29, 0.717) is 11.1 Å². The van der Waals surface area contributed by atoms with Gasteiger partial charge >= 0.3 is 0 Å². The summed E-state index contributed by atoms with van der Waals surface area (Å²) in [5, 5.41) is 3.65. The largest absolute Gasteiger partial charge is 0.332 e. The van der Waals surface area contributed by atoms with Crippen LogP contribution in [-0.2, 0) is 0 Å². The van der Waals surface area contributed by atoms with Gasteiger partial charge in [0, 0.05) is 5.75 Å². The lowest BCUT2D eigenvalue weighted by Crippen LogP contribution is -2.33. The molecule has 1 aromatic carbocycles. The first-order chi connectivity index (χ1) is 9.58. The topological polar surface area (TPSA) is 24.4 Å². The Morgan fingerprint density at radius 1 is 1.40 bits per heavy atom. The normalized spacial score (nSPS) is 29.6. The molecule has 2 unspecified atom stereocenters. The van der Waals surface area contributed by atoms with Crippen LogP contribution in [0.15, 0.2) is 23.2 Å². The molecule has 2 aliphatic rings. The number of thioether (sulfide) groups is 1. The van der Waals surface area contributed by atoms with Crippen molar-refractivity contribution in [3.05, 3.63) is 29.8 Å². The molecule has 1 aliphatic carbocycles. The van der Waals surface area contributed by atoms with Gasteiger partial charge in [0.25, 0.3) is 0 Å². The fourth-order valence-corrected chi connectivity index (χ4v) is 4.30. The van der Waals surface area contributed by atoms with E-state index in [9.17, 15) is 8.78 Å². The zero-order valence-corrected chi connectivity index (χ0v) is 12.3. The third-order valence-corrected chi connectivity index (χ3v) is 5.23. The van der Waals surface area contributed by atoms with Crippen LogP contribution in [-0.4, -0.2) is 16.5 Å². The maximum atomic E-state index is 13.6. The van der Waals surface area contributed by atoms with Gasteiger partial charge in [-0.2, -0.15) is 0 Å². The van der Waals surface area contributed by atoms with Gasteiger partial charge in [-0.25, -0.2) is 8.78 Å². The van der Waals surface area contributed by atoms with Crippen molar-refractivity contribution < 1.29 is 8.78 Å². The Hall–Kier alpha value is -1.10. The highest BCUT2D eigenvalue weighted by Gasteiger charge is 2.39. The van der Waals surface area contributed by atoms with Crippen LogP contribution in [0.25, 0.3) is 0 Å². The average molecular weight is 296 g/mol. The Labute approximate surface area is 122 Å². The van der Waals surface area contributed by atoms with Crippen molar-refractivity contribution >= 4 is 22.6 Å². The van der Waals surface area contributed by atoms with E-state index in [0.717, 1.165) is 24.7 Å². The zero-order valence-electron chi connectivity index (χ0n) is 11.5. The van der Waals surface area contributed by atoms with Crippen LogP contribution in [0, 0.1) is 17.6 Å². The summed E-state index contributed by atoms with van der Waals surface area (Å²) in [7, 11) is 0. The lowest BCUT2D eigenvalue weighted by Gasteiger charge is -2.33. The zero-order chi connectivity index (χ0) is 14.2.